The van der Waals surface area contributed by atoms with Crippen LogP contribution < -0.4 is 11.1 Å². The summed E-state index contributed by atoms with van der Waals surface area (Å²) in [6, 6.07) is 5.07. The molecule has 0 spiro atoms. The van der Waals surface area contributed by atoms with Gasteiger partial charge in [-0.1, -0.05) is 25.4 Å². The fourth-order valence-corrected chi connectivity index (χ4v) is 2.12. The molecule has 0 atom stereocenters. The maximum absolute atomic E-state index is 12.0. The summed E-state index contributed by atoms with van der Waals surface area (Å²) in [5.74, 6) is -0.0454. The van der Waals surface area contributed by atoms with E-state index in [1.54, 1.807) is 18.2 Å². The second-order valence-corrected chi connectivity index (χ2v) is 4.99. The Morgan fingerprint density at radius 2 is 1.95 bits per heavy atom. The van der Waals surface area contributed by atoms with Crippen LogP contribution in [0, 0.1) is 0 Å². The molecule has 0 saturated carbocycles. The second kappa shape index (κ2) is 8.02. The fraction of sp³-hybridized carbons (Fsp3) is 0.500. The lowest BCUT2D eigenvalue weighted by atomic mass is 10.2. The van der Waals surface area contributed by atoms with Crippen molar-refractivity contribution in [3.8, 4) is 0 Å². The SMILES string of the molecule is CCCN(CCC)CC(=O)Nc1ccc(Cl)cc1N. The van der Waals surface area contributed by atoms with Gasteiger partial charge < -0.3 is 11.1 Å². The number of carbonyl (C=O) groups is 1. The monoisotopic (exact) mass is 283 g/mol. The molecule has 0 aliphatic rings. The Labute approximate surface area is 119 Å². The van der Waals surface area contributed by atoms with E-state index in [9.17, 15) is 4.79 Å². The molecule has 1 rings (SSSR count). The first-order chi connectivity index (χ1) is 9.06. The number of nitrogens with zero attached hydrogens (tertiary/aromatic N) is 1. The number of hydrogen-bond donors (Lipinski definition) is 2. The van der Waals surface area contributed by atoms with E-state index in [1.807, 2.05) is 0 Å². The fourth-order valence-electron chi connectivity index (χ4n) is 1.94. The van der Waals surface area contributed by atoms with E-state index < -0.39 is 0 Å². The summed E-state index contributed by atoms with van der Waals surface area (Å²) in [6.45, 7) is 6.47. The predicted octanol–water partition coefficient (Wildman–Crippen LogP) is 2.98. The van der Waals surface area contributed by atoms with Crippen molar-refractivity contribution in [2.24, 2.45) is 0 Å². The zero-order valence-electron chi connectivity index (χ0n) is 11.6. The van der Waals surface area contributed by atoms with Crippen LogP contribution in [0.25, 0.3) is 0 Å². The number of anilines is 2. The number of halogens is 1. The van der Waals surface area contributed by atoms with Crippen molar-refractivity contribution in [2.75, 3.05) is 30.7 Å². The van der Waals surface area contributed by atoms with Gasteiger partial charge in [0.25, 0.3) is 0 Å². The molecule has 0 aliphatic carbocycles. The molecule has 0 radical (unpaired) electrons. The van der Waals surface area contributed by atoms with Crippen LogP contribution in [-0.4, -0.2) is 30.4 Å². The molecule has 0 unspecified atom stereocenters. The van der Waals surface area contributed by atoms with Crippen LogP contribution in [0.3, 0.4) is 0 Å². The molecule has 4 nitrogen and oxygen atoms in total. The molecule has 0 aliphatic heterocycles. The quantitative estimate of drug-likeness (QED) is 0.757. The molecule has 0 fully saturated rings. The van der Waals surface area contributed by atoms with Crippen LogP contribution in [0.15, 0.2) is 18.2 Å². The Morgan fingerprint density at radius 1 is 1.32 bits per heavy atom. The zero-order chi connectivity index (χ0) is 14.3. The molecule has 19 heavy (non-hydrogen) atoms. The summed E-state index contributed by atoms with van der Waals surface area (Å²) in [7, 11) is 0. The van der Waals surface area contributed by atoms with Gasteiger partial charge in [0.05, 0.1) is 17.9 Å². The molecule has 5 heteroatoms. The lowest BCUT2D eigenvalue weighted by Gasteiger charge is -2.20. The van der Waals surface area contributed by atoms with Crippen LogP contribution in [0.4, 0.5) is 11.4 Å². The predicted molar refractivity (Wildman–Crippen MR) is 81.5 cm³/mol. The van der Waals surface area contributed by atoms with Gasteiger partial charge in [0, 0.05) is 5.02 Å². The zero-order valence-corrected chi connectivity index (χ0v) is 12.3. The average Bonchev–Trinajstić information content (AvgIpc) is 2.33. The van der Waals surface area contributed by atoms with Crippen LogP contribution in [-0.2, 0) is 4.79 Å². The van der Waals surface area contributed by atoms with Gasteiger partial charge in [0.15, 0.2) is 0 Å². The molecule has 0 saturated heterocycles. The molecular weight excluding hydrogens is 262 g/mol. The van der Waals surface area contributed by atoms with Crippen molar-refractivity contribution in [1.82, 2.24) is 4.90 Å². The summed E-state index contributed by atoms with van der Waals surface area (Å²) >= 11 is 5.82. The number of benzene rings is 1. The molecule has 0 heterocycles. The topological polar surface area (TPSA) is 58.4 Å². The average molecular weight is 284 g/mol. The second-order valence-electron chi connectivity index (χ2n) is 4.56. The molecular formula is C14H22ClN3O. The summed E-state index contributed by atoms with van der Waals surface area (Å²) in [5, 5.41) is 3.38. The van der Waals surface area contributed by atoms with Crippen molar-refractivity contribution < 1.29 is 4.79 Å². The summed E-state index contributed by atoms with van der Waals surface area (Å²) < 4.78 is 0. The number of amides is 1. The molecule has 3 N–H and O–H groups in total. The van der Waals surface area contributed by atoms with Gasteiger partial charge in [-0.15, -0.1) is 0 Å². The van der Waals surface area contributed by atoms with Gasteiger partial charge in [-0.2, -0.15) is 0 Å². The maximum atomic E-state index is 12.0. The number of carbonyl (C=O) groups excluding carboxylic acids is 1. The summed E-state index contributed by atoms with van der Waals surface area (Å²) in [5.41, 5.74) is 6.90. The number of nitrogens with one attached hydrogen (secondary N) is 1. The van der Waals surface area contributed by atoms with Crippen molar-refractivity contribution in [1.29, 1.82) is 0 Å². The third kappa shape index (κ3) is 5.49. The lowest BCUT2D eigenvalue weighted by Crippen LogP contribution is -2.34. The Balaban J connectivity index is 2.58. The third-order valence-corrected chi connectivity index (χ3v) is 2.97. The van der Waals surface area contributed by atoms with Crippen LogP contribution >= 0.6 is 11.6 Å². The normalized spacial score (nSPS) is 10.7. The molecule has 0 bridgehead atoms. The molecule has 1 aromatic carbocycles. The molecule has 0 aromatic heterocycles. The highest BCUT2D eigenvalue weighted by molar-refractivity contribution is 6.31. The Bertz CT molecular complexity index is 417. The minimum atomic E-state index is -0.0454. The van der Waals surface area contributed by atoms with E-state index in [-0.39, 0.29) is 5.91 Å². The number of hydrogen-bond acceptors (Lipinski definition) is 3. The minimum Gasteiger partial charge on any atom is -0.397 e. The van der Waals surface area contributed by atoms with Crippen LogP contribution in [0.1, 0.15) is 26.7 Å². The van der Waals surface area contributed by atoms with Gasteiger partial charge in [-0.05, 0) is 44.1 Å². The van der Waals surface area contributed by atoms with Crippen molar-refractivity contribution in [2.45, 2.75) is 26.7 Å². The van der Waals surface area contributed by atoms with E-state index in [1.165, 1.54) is 0 Å². The van der Waals surface area contributed by atoms with E-state index in [2.05, 4.69) is 24.1 Å². The molecule has 1 amide bonds. The van der Waals surface area contributed by atoms with Crippen LogP contribution in [0.2, 0.25) is 5.02 Å². The molecule has 106 valence electrons. The Morgan fingerprint density at radius 3 is 2.47 bits per heavy atom. The number of rotatable bonds is 7. The number of nitrogens with two attached hydrogens (primary N) is 1. The summed E-state index contributed by atoms with van der Waals surface area (Å²) in [6.07, 6.45) is 2.08. The minimum absolute atomic E-state index is 0.0454. The maximum Gasteiger partial charge on any atom is 0.238 e. The van der Waals surface area contributed by atoms with Crippen molar-refractivity contribution in [3.05, 3.63) is 23.2 Å². The Hall–Kier alpha value is -1.26. The van der Waals surface area contributed by atoms with Crippen molar-refractivity contribution in [3.63, 3.8) is 0 Å². The van der Waals surface area contributed by atoms with Gasteiger partial charge in [0.2, 0.25) is 5.91 Å². The highest BCUT2D eigenvalue weighted by Gasteiger charge is 2.10. The first-order valence-corrected chi connectivity index (χ1v) is 7.01. The molecule has 1 aromatic rings. The van der Waals surface area contributed by atoms with Gasteiger partial charge in [-0.3, -0.25) is 9.69 Å². The highest BCUT2D eigenvalue weighted by atomic mass is 35.5. The van der Waals surface area contributed by atoms with Crippen LogP contribution in [0.5, 0.6) is 0 Å². The summed E-state index contributed by atoms with van der Waals surface area (Å²) in [4.78, 5) is 14.1. The highest BCUT2D eigenvalue weighted by Crippen LogP contribution is 2.22. The van der Waals surface area contributed by atoms with Gasteiger partial charge >= 0.3 is 0 Å². The number of nitrogen functional groups attached to an aromatic ring is 1. The first kappa shape index (κ1) is 15.8. The van der Waals surface area contributed by atoms with Crippen molar-refractivity contribution >= 4 is 28.9 Å². The first-order valence-electron chi connectivity index (χ1n) is 6.64. The standard InChI is InChI=1S/C14H22ClN3O/c1-3-7-18(8-4-2)10-14(19)17-13-6-5-11(15)9-12(13)16/h5-6,9H,3-4,7-8,10,16H2,1-2H3,(H,17,19). The lowest BCUT2D eigenvalue weighted by molar-refractivity contribution is -0.117. The van der Waals surface area contributed by atoms with Gasteiger partial charge in [0.1, 0.15) is 0 Å². The third-order valence-electron chi connectivity index (χ3n) is 2.73. The largest absolute Gasteiger partial charge is 0.397 e. The van der Waals surface area contributed by atoms with E-state index in [0.29, 0.717) is 22.9 Å². The Kier molecular flexibility index (Phi) is 6.67. The van der Waals surface area contributed by atoms with Gasteiger partial charge in [-0.25, -0.2) is 0 Å². The van der Waals surface area contributed by atoms with E-state index in [0.717, 1.165) is 25.9 Å². The smallest absolute Gasteiger partial charge is 0.238 e. The van der Waals surface area contributed by atoms with E-state index in [4.69, 9.17) is 17.3 Å². The van der Waals surface area contributed by atoms with E-state index >= 15 is 0 Å².